The summed E-state index contributed by atoms with van der Waals surface area (Å²) >= 11 is 0. The number of ether oxygens (including phenoxy) is 1. The van der Waals surface area contributed by atoms with Crippen molar-refractivity contribution in [3.63, 3.8) is 0 Å². The minimum Gasteiger partial charge on any atom is -0.492 e. The van der Waals surface area contributed by atoms with Gasteiger partial charge in [-0.25, -0.2) is 9.97 Å². The van der Waals surface area contributed by atoms with Crippen LogP contribution >= 0.6 is 0 Å². The third kappa shape index (κ3) is 5.20. The number of aromatic nitrogens is 2. The van der Waals surface area contributed by atoms with Crippen molar-refractivity contribution < 1.29 is 9.53 Å². The zero-order chi connectivity index (χ0) is 17.4. The molecule has 0 radical (unpaired) electrons. The van der Waals surface area contributed by atoms with Crippen LogP contribution in [0.1, 0.15) is 17.4 Å². The molecule has 24 heavy (non-hydrogen) atoms. The van der Waals surface area contributed by atoms with E-state index in [1.807, 2.05) is 50.2 Å². The molecule has 0 atom stereocenters. The Morgan fingerprint density at radius 2 is 2.04 bits per heavy atom. The molecule has 0 fully saturated rings. The number of para-hydroxylation sites is 2. The fourth-order valence-electron chi connectivity index (χ4n) is 2.00. The molecule has 1 amide bonds. The predicted molar refractivity (Wildman–Crippen MR) is 93.8 cm³/mol. The summed E-state index contributed by atoms with van der Waals surface area (Å²) in [7, 11) is 3.91. The molecule has 2 aromatic rings. The maximum atomic E-state index is 12.1. The fraction of sp³-hybridized carbons (Fsp3) is 0.353. The molecule has 7 nitrogen and oxygen atoms in total. The minimum absolute atomic E-state index is 0.222. The van der Waals surface area contributed by atoms with Crippen LogP contribution in [0, 0.1) is 0 Å². The molecule has 7 heteroatoms. The van der Waals surface area contributed by atoms with Crippen molar-refractivity contribution in [3.05, 3.63) is 42.2 Å². The largest absolute Gasteiger partial charge is 0.492 e. The van der Waals surface area contributed by atoms with Gasteiger partial charge in [-0.3, -0.25) is 4.79 Å². The summed E-state index contributed by atoms with van der Waals surface area (Å²) in [6, 6.07) is 9.11. The van der Waals surface area contributed by atoms with Gasteiger partial charge >= 0.3 is 0 Å². The Hall–Kier alpha value is -2.67. The standard InChI is InChI=1S/C17H23N5O2/c1-4-24-15-8-6-5-7-13(15)20-17-19-10-9-14(21-17)16(23)18-11-12-22(2)3/h5-10H,4,11-12H2,1-3H3,(H,18,23)(H,19,20,21). The molecule has 1 heterocycles. The third-order valence-corrected chi connectivity index (χ3v) is 3.17. The van der Waals surface area contributed by atoms with Gasteiger partial charge in [0.05, 0.1) is 12.3 Å². The second-order valence-electron chi connectivity index (χ2n) is 5.38. The summed E-state index contributed by atoms with van der Waals surface area (Å²) in [5.41, 5.74) is 1.07. The molecule has 0 saturated heterocycles. The summed E-state index contributed by atoms with van der Waals surface area (Å²) in [5, 5.41) is 5.92. The van der Waals surface area contributed by atoms with Crippen LogP contribution in [0.15, 0.2) is 36.5 Å². The zero-order valence-corrected chi connectivity index (χ0v) is 14.2. The quantitative estimate of drug-likeness (QED) is 0.770. The number of hydrogen-bond acceptors (Lipinski definition) is 6. The predicted octanol–water partition coefficient (Wildman–Crippen LogP) is 1.91. The van der Waals surface area contributed by atoms with E-state index in [1.165, 1.54) is 0 Å². The van der Waals surface area contributed by atoms with E-state index in [2.05, 4.69) is 20.6 Å². The Balaban J connectivity index is 2.06. The van der Waals surface area contributed by atoms with Gasteiger partial charge in [-0.1, -0.05) is 12.1 Å². The molecular weight excluding hydrogens is 306 g/mol. The highest BCUT2D eigenvalue weighted by Gasteiger charge is 2.10. The summed E-state index contributed by atoms with van der Waals surface area (Å²) in [4.78, 5) is 22.6. The van der Waals surface area contributed by atoms with Crippen LogP contribution < -0.4 is 15.4 Å². The smallest absolute Gasteiger partial charge is 0.270 e. The Morgan fingerprint density at radius 1 is 1.25 bits per heavy atom. The number of carbonyl (C=O) groups is 1. The highest BCUT2D eigenvalue weighted by molar-refractivity contribution is 5.92. The molecule has 0 spiro atoms. The van der Waals surface area contributed by atoms with E-state index in [0.717, 1.165) is 12.2 Å². The van der Waals surface area contributed by atoms with E-state index < -0.39 is 0 Å². The van der Waals surface area contributed by atoms with Gasteiger partial charge in [0.1, 0.15) is 11.4 Å². The second kappa shape index (κ2) is 8.83. The van der Waals surface area contributed by atoms with Crippen molar-refractivity contribution in [3.8, 4) is 5.75 Å². The fourth-order valence-corrected chi connectivity index (χ4v) is 2.00. The van der Waals surface area contributed by atoms with Gasteiger partial charge < -0.3 is 20.3 Å². The Kier molecular flexibility index (Phi) is 6.51. The van der Waals surface area contributed by atoms with Crippen LogP contribution in [0.2, 0.25) is 0 Å². The monoisotopic (exact) mass is 329 g/mol. The number of likely N-dealkylation sites (N-methyl/N-ethyl adjacent to an activating group) is 1. The van der Waals surface area contributed by atoms with E-state index in [-0.39, 0.29) is 5.91 Å². The summed E-state index contributed by atoms with van der Waals surface area (Å²) < 4.78 is 5.56. The molecule has 0 saturated carbocycles. The normalized spacial score (nSPS) is 10.5. The van der Waals surface area contributed by atoms with Crippen LogP contribution in [0.3, 0.4) is 0 Å². The zero-order valence-electron chi connectivity index (χ0n) is 14.2. The SMILES string of the molecule is CCOc1ccccc1Nc1nccc(C(=O)NCCN(C)C)n1. The molecule has 0 aliphatic rings. The summed E-state index contributed by atoms with van der Waals surface area (Å²) in [6.45, 7) is 3.81. The lowest BCUT2D eigenvalue weighted by atomic mass is 10.3. The molecule has 128 valence electrons. The first kappa shape index (κ1) is 17.7. The van der Waals surface area contributed by atoms with Gasteiger partial charge in [0.2, 0.25) is 5.95 Å². The number of amides is 1. The Morgan fingerprint density at radius 3 is 2.79 bits per heavy atom. The lowest BCUT2D eigenvalue weighted by molar-refractivity contribution is 0.0946. The first-order chi connectivity index (χ1) is 11.6. The number of nitrogens with zero attached hydrogens (tertiary/aromatic N) is 3. The molecule has 0 aliphatic carbocycles. The maximum absolute atomic E-state index is 12.1. The molecule has 2 N–H and O–H groups in total. The molecule has 0 aliphatic heterocycles. The minimum atomic E-state index is -0.222. The summed E-state index contributed by atoms with van der Waals surface area (Å²) in [6.07, 6.45) is 1.56. The van der Waals surface area contributed by atoms with Crippen molar-refractivity contribution >= 4 is 17.5 Å². The van der Waals surface area contributed by atoms with Gasteiger partial charge in [0.15, 0.2) is 0 Å². The van der Waals surface area contributed by atoms with Gasteiger partial charge in [0, 0.05) is 19.3 Å². The van der Waals surface area contributed by atoms with Crippen molar-refractivity contribution in [2.45, 2.75) is 6.92 Å². The van der Waals surface area contributed by atoms with Gasteiger partial charge in [-0.05, 0) is 39.2 Å². The van der Waals surface area contributed by atoms with E-state index >= 15 is 0 Å². The van der Waals surface area contributed by atoms with E-state index in [1.54, 1.807) is 12.3 Å². The molecule has 1 aromatic carbocycles. The van der Waals surface area contributed by atoms with Crippen LogP contribution in [-0.2, 0) is 0 Å². The van der Waals surface area contributed by atoms with Crippen LogP contribution in [0.4, 0.5) is 11.6 Å². The topological polar surface area (TPSA) is 79.4 Å². The van der Waals surface area contributed by atoms with Crippen molar-refractivity contribution in [1.29, 1.82) is 0 Å². The van der Waals surface area contributed by atoms with E-state index in [4.69, 9.17) is 4.74 Å². The maximum Gasteiger partial charge on any atom is 0.270 e. The lowest BCUT2D eigenvalue weighted by Gasteiger charge is -2.12. The number of carbonyl (C=O) groups excluding carboxylic acids is 1. The number of benzene rings is 1. The van der Waals surface area contributed by atoms with Crippen LogP contribution in [-0.4, -0.2) is 54.6 Å². The van der Waals surface area contributed by atoms with Crippen molar-refractivity contribution in [2.75, 3.05) is 39.1 Å². The molecule has 2 rings (SSSR count). The average Bonchev–Trinajstić information content (AvgIpc) is 2.57. The third-order valence-electron chi connectivity index (χ3n) is 3.17. The van der Waals surface area contributed by atoms with Gasteiger partial charge in [-0.2, -0.15) is 0 Å². The van der Waals surface area contributed by atoms with Gasteiger partial charge in [-0.15, -0.1) is 0 Å². The number of nitrogens with one attached hydrogen (secondary N) is 2. The lowest BCUT2D eigenvalue weighted by Crippen LogP contribution is -2.31. The molecule has 1 aromatic heterocycles. The van der Waals surface area contributed by atoms with E-state index in [9.17, 15) is 4.79 Å². The molecule has 0 unspecified atom stereocenters. The van der Waals surface area contributed by atoms with Crippen LogP contribution in [0.25, 0.3) is 0 Å². The van der Waals surface area contributed by atoms with Crippen LogP contribution in [0.5, 0.6) is 5.75 Å². The Bertz CT molecular complexity index is 676. The molecule has 0 bridgehead atoms. The highest BCUT2D eigenvalue weighted by atomic mass is 16.5. The van der Waals surface area contributed by atoms with Crippen molar-refractivity contribution in [2.24, 2.45) is 0 Å². The number of hydrogen-bond donors (Lipinski definition) is 2. The van der Waals surface area contributed by atoms with E-state index in [0.29, 0.717) is 30.5 Å². The first-order valence-electron chi connectivity index (χ1n) is 7.85. The second-order valence-corrected chi connectivity index (χ2v) is 5.38. The van der Waals surface area contributed by atoms with Crippen molar-refractivity contribution in [1.82, 2.24) is 20.2 Å². The average molecular weight is 329 g/mol. The number of anilines is 2. The number of rotatable bonds is 8. The highest BCUT2D eigenvalue weighted by Crippen LogP contribution is 2.25. The summed E-state index contributed by atoms with van der Waals surface area (Å²) in [5.74, 6) is 0.840. The van der Waals surface area contributed by atoms with Gasteiger partial charge in [0.25, 0.3) is 5.91 Å². The Labute approximate surface area is 142 Å². The molecular formula is C17H23N5O2. The first-order valence-corrected chi connectivity index (χ1v) is 7.85.